The van der Waals surface area contributed by atoms with Gasteiger partial charge in [-0.3, -0.25) is 9.59 Å². The van der Waals surface area contributed by atoms with Gasteiger partial charge in [0.2, 0.25) is 0 Å². The van der Waals surface area contributed by atoms with Crippen LogP contribution in [0, 0.1) is 0 Å². The molecule has 1 saturated heterocycles. The highest BCUT2D eigenvalue weighted by Crippen LogP contribution is 2.23. The first-order valence-corrected chi connectivity index (χ1v) is 9.89. The molecule has 1 fully saturated rings. The number of nitrogens with zero attached hydrogens (tertiary/aromatic N) is 4. The van der Waals surface area contributed by atoms with Crippen molar-refractivity contribution in [1.29, 1.82) is 0 Å². The average Bonchev–Trinajstić information content (AvgIpc) is 2.81. The summed E-state index contributed by atoms with van der Waals surface area (Å²) in [6, 6.07) is 0. The van der Waals surface area contributed by atoms with E-state index in [2.05, 4.69) is 10.3 Å². The third kappa shape index (κ3) is 4.26. The molecule has 3 rings (SSSR count). The SMILES string of the molecule is CN(C)CCNC(=O)c1nc(C(=O)N2CCCCCC2)n2c1CCCC2. The van der Waals surface area contributed by atoms with E-state index >= 15 is 0 Å². The fourth-order valence-corrected chi connectivity index (χ4v) is 3.78. The fraction of sp³-hybridized carbons (Fsp3) is 0.737. The Bertz CT molecular complexity index is 645. The highest BCUT2D eigenvalue weighted by Gasteiger charge is 2.29. The van der Waals surface area contributed by atoms with E-state index < -0.39 is 0 Å². The maximum atomic E-state index is 13.1. The van der Waals surface area contributed by atoms with Crippen molar-refractivity contribution in [3.8, 4) is 0 Å². The van der Waals surface area contributed by atoms with Crippen LogP contribution in [0.3, 0.4) is 0 Å². The molecule has 3 heterocycles. The highest BCUT2D eigenvalue weighted by atomic mass is 16.2. The molecule has 0 saturated carbocycles. The molecule has 0 bridgehead atoms. The van der Waals surface area contributed by atoms with Gasteiger partial charge in [-0.1, -0.05) is 12.8 Å². The molecule has 1 aromatic heterocycles. The quantitative estimate of drug-likeness (QED) is 0.863. The second-order valence-corrected chi connectivity index (χ2v) is 7.61. The largest absolute Gasteiger partial charge is 0.349 e. The Morgan fingerprint density at radius 3 is 2.42 bits per heavy atom. The van der Waals surface area contributed by atoms with Crippen LogP contribution in [0.5, 0.6) is 0 Å². The summed E-state index contributed by atoms with van der Waals surface area (Å²) in [6.07, 6.45) is 7.36. The molecular weight excluding hydrogens is 330 g/mol. The summed E-state index contributed by atoms with van der Waals surface area (Å²) >= 11 is 0. The molecule has 144 valence electrons. The van der Waals surface area contributed by atoms with Gasteiger partial charge in [-0.05, 0) is 46.2 Å². The van der Waals surface area contributed by atoms with Crippen molar-refractivity contribution in [3.63, 3.8) is 0 Å². The van der Waals surface area contributed by atoms with Crippen LogP contribution < -0.4 is 5.32 Å². The van der Waals surface area contributed by atoms with Crippen molar-refractivity contribution in [3.05, 3.63) is 17.2 Å². The first-order valence-electron chi connectivity index (χ1n) is 9.89. The Kier molecular flexibility index (Phi) is 6.29. The van der Waals surface area contributed by atoms with Crippen LogP contribution in [0.25, 0.3) is 0 Å². The average molecular weight is 361 g/mol. The lowest BCUT2D eigenvalue weighted by Crippen LogP contribution is -2.34. The number of aromatic nitrogens is 2. The van der Waals surface area contributed by atoms with E-state index in [0.29, 0.717) is 18.1 Å². The van der Waals surface area contributed by atoms with Gasteiger partial charge in [0.1, 0.15) is 5.69 Å². The molecule has 7 nitrogen and oxygen atoms in total. The third-order valence-electron chi connectivity index (χ3n) is 5.26. The van der Waals surface area contributed by atoms with Gasteiger partial charge in [0.05, 0.1) is 5.69 Å². The zero-order valence-corrected chi connectivity index (χ0v) is 16.1. The topological polar surface area (TPSA) is 70.5 Å². The summed E-state index contributed by atoms with van der Waals surface area (Å²) in [4.78, 5) is 34.2. The summed E-state index contributed by atoms with van der Waals surface area (Å²) in [7, 11) is 3.95. The molecule has 0 aromatic carbocycles. The number of carbonyl (C=O) groups is 2. The molecule has 0 aliphatic carbocycles. The van der Waals surface area contributed by atoms with E-state index in [0.717, 1.165) is 64.0 Å². The number of hydrogen-bond donors (Lipinski definition) is 1. The summed E-state index contributed by atoms with van der Waals surface area (Å²) in [5.74, 6) is 0.286. The predicted molar refractivity (Wildman–Crippen MR) is 100 cm³/mol. The van der Waals surface area contributed by atoms with Gasteiger partial charge in [-0.15, -0.1) is 0 Å². The maximum Gasteiger partial charge on any atom is 0.289 e. The van der Waals surface area contributed by atoms with Gasteiger partial charge in [0, 0.05) is 32.7 Å². The Labute approximate surface area is 155 Å². The Morgan fingerprint density at radius 2 is 1.73 bits per heavy atom. The zero-order valence-electron chi connectivity index (χ0n) is 16.1. The van der Waals surface area contributed by atoms with E-state index in [1.165, 1.54) is 12.8 Å². The smallest absolute Gasteiger partial charge is 0.289 e. The summed E-state index contributed by atoms with van der Waals surface area (Å²) in [5, 5.41) is 2.94. The first kappa shape index (κ1) is 18.9. The molecule has 1 aromatic rings. The standard InChI is InChI=1S/C19H31N5O2/c1-22(2)14-10-20-18(25)16-15-9-5-8-13-24(15)17(21-16)19(26)23-11-6-3-4-7-12-23/h3-14H2,1-2H3,(H,20,25). The third-order valence-corrected chi connectivity index (χ3v) is 5.26. The van der Waals surface area contributed by atoms with Crippen LogP contribution in [-0.4, -0.2) is 71.4 Å². The molecule has 0 spiro atoms. The van der Waals surface area contributed by atoms with E-state index in [1.54, 1.807) is 0 Å². The fourth-order valence-electron chi connectivity index (χ4n) is 3.78. The molecule has 2 aliphatic heterocycles. The summed E-state index contributed by atoms with van der Waals surface area (Å²) in [5.41, 5.74) is 1.37. The molecule has 0 atom stereocenters. The monoisotopic (exact) mass is 361 g/mol. The normalized spacial score (nSPS) is 17.7. The molecule has 7 heteroatoms. The van der Waals surface area contributed by atoms with Gasteiger partial charge in [-0.25, -0.2) is 4.98 Å². The van der Waals surface area contributed by atoms with Gasteiger partial charge >= 0.3 is 0 Å². The second kappa shape index (κ2) is 8.66. The summed E-state index contributed by atoms with van der Waals surface area (Å²) < 4.78 is 2.00. The Balaban J connectivity index is 1.81. The van der Waals surface area contributed by atoms with Gasteiger partial charge in [0.15, 0.2) is 5.82 Å². The second-order valence-electron chi connectivity index (χ2n) is 7.61. The number of rotatable bonds is 5. The number of imidazole rings is 1. The van der Waals surface area contributed by atoms with E-state index in [-0.39, 0.29) is 11.8 Å². The molecule has 0 radical (unpaired) electrons. The van der Waals surface area contributed by atoms with Crippen molar-refractivity contribution in [2.45, 2.75) is 51.5 Å². The molecule has 2 amide bonds. The van der Waals surface area contributed by atoms with E-state index in [9.17, 15) is 9.59 Å². The van der Waals surface area contributed by atoms with Crippen LogP contribution in [-0.2, 0) is 13.0 Å². The minimum absolute atomic E-state index is 0.0117. The van der Waals surface area contributed by atoms with Crippen LogP contribution in [0.2, 0.25) is 0 Å². The number of amides is 2. The van der Waals surface area contributed by atoms with E-state index in [1.807, 2.05) is 28.5 Å². The van der Waals surface area contributed by atoms with Crippen molar-refractivity contribution in [2.75, 3.05) is 40.3 Å². The number of likely N-dealkylation sites (tertiary alicyclic amines) is 1. The molecule has 26 heavy (non-hydrogen) atoms. The number of carbonyl (C=O) groups excluding carboxylic acids is 2. The van der Waals surface area contributed by atoms with Gasteiger partial charge in [-0.2, -0.15) is 0 Å². The van der Waals surface area contributed by atoms with Gasteiger partial charge in [0.25, 0.3) is 11.8 Å². The van der Waals surface area contributed by atoms with E-state index in [4.69, 9.17) is 0 Å². The van der Waals surface area contributed by atoms with Crippen LogP contribution >= 0.6 is 0 Å². The Hall–Kier alpha value is -1.89. The number of hydrogen-bond acceptors (Lipinski definition) is 4. The lowest BCUT2D eigenvalue weighted by Gasteiger charge is -2.22. The van der Waals surface area contributed by atoms with Crippen molar-refractivity contribution >= 4 is 11.8 Å². The number of likely N-dealkylation sites (N-methyl/N-ethyl adjacent to an activating group) is 1. The first-order chi connectivity index (χ1) is 12.6. The lowest BCUT2D eigenvalue weighted by molar-refractivity contribution is 0.0743. The zero-order chi connectivity index (χ0) is 18.5. The highest BCUT2D eigenvalue weighted by molar-refractivity contribution is 5.97. The minimum atomic E-state index is -0.160. The maximum absolute atomic E-state index is 13.1. The molecule has 2 aliphatic rings. The van der Waals surface area contributed by atoms with Crippen molar-refractivity contribution < 1.29 is 9.59 Å². The molecule has 1 N–H and O–H groups in total. The Morgan fingerprint density at radius 1 is 1.04 bits per heavy atom. The predicted octanol–water partition coefficient (Wildman–Crippen LogP) is 1.53. The van der Waals surface area contributed by atoms with Crippen molar-refractivity contribution in [2.24, 2.45) is 0 Å². The van der Waals surface area contributed by atoms with Crippen LogP contribution in [0.4, 0.5) is 0 Å². The van der Waals surface area contributed by atoms with Crippen LogP contribution in [0.15, 0.2) is 0 Å². The molecule has 0 unspecified atom stereocenters. The number of fused-ring (bicyclic) bond motifs is 1. The lowest BCUT2D eigenvalue weighted by atomic mass is 10.1. The summed E-state index contributed by atoms with van der Waals surface area (Å²) in [6.45, 7) is 3.73. The van der Waals surface area contributed by atoms with Crippen molar-refractivity contribution in [1.82, 2.24) is 24.7 Å². The minimum Gasteiger partial charge on any atom is -0.349 e. The molecular formula is C19H31N5O2. The number of nitrogens with one attached hydrogen (secondary N) is 1. The van der Waals surface area contributed by atoms with Gasteiger partial charge < -0.3 is 19.7 Å². The van der Waals surface area contributed by atoms with Crippen LogP contribution in [0.1, 0.15) is 65.3 Å².